The van der Waals surface area contributed by atoms with E-state index in [4.69, 9.17) is 292 Å². The average Bonchev–Trinajstić information content (AvgIpc) is 1.72. The summed E-state index contributed by atoms with van der Waals surface area (Å²) in [6, 6.07) is 4.74. The molecule has 40 N–H and O–H groups in total. The molecule has 2 aliphatic heterocycles. The number of nitrogens with zero attached hydrogens (tertiary/aromatic N) is 15. The van der Waals surface area contributed by atoms with E-state index in [9.17, 15) is 23.2 Å². The molecule has 4 amide bonds. The van der Waals surface area contributed by atoms with Crippen molar-refractivity contribution in [3.05, 3.63) is 315 Å². The fourth-order valence-corrected chi connectivity index (χ4v) is 2.25. The van der Waals surface area contributed by atoms with Gasteiger partial charge in [0.1, 0.15) is 17.7 Å². The number of aromatic hydroxyl groups is 1. The molecule has 1 fully saturated rings. The van der Waals surface area contributed by atoms with Gasteiger partial charge in [0.25, 0.3) is 0 Å². The predicted octanol–water partition coefficient (Wildman–Crippen LogP) is 18.5. The van der Waals surface area contributed by atoms with Crippen molar-refractivity contribution in [1.82, 2.24) is 36.2 Å². The molecule has 1 aromatic carbocycles. The minimum atomic E-state index is -1.51. The molecule has 2 atom stereocenters. The maximum Gasteiger partial charge on any atom is 4.00 e. The molecule has 0 spiro atoms. The second-order valence-electron chi connectivity index (χ2n) is 12.2. The third kappa shape index (κ3) is 582. The van der Waals surface area contributed by atoms with Crippen LogP contribution in [0.1, 0.15) is 59.8 Å². The van der Waals surface area contributed by atoms with Crippen molar-refractivity contribution in [2.24, 2.45) is 64.1 Å². The van der Waals surface area contributed by atoms with Gasteiger partial charge in [0, 0.05) is 48.5 Å². The zero-order chi connectivity index (χ0) is 102. The van der Waals surface area contributed by atoms with Crippen molar-refractivity contribution in [3.8, 4) is 17.4 Å². The number of hydroxylamine groups is 2. The Morgan fingerprint density at radius 3 is 0.890 bits per heavy atom. The Morgan fingerprint density at radius 2 is 0.772 bits per heavy atom. The van der Waals surface area contributed by atoms with Crippen LogP contribution in [0.15, 0.2) is 115 Å². The molecule has 0 aliphatic carbocycles. The Kier molecular flexibility index (Phi) is 619. The van der Waals surface area contributed by atoms with Crippen LogP contribution in [0.5, 0.6) is 17.4 Å². The first-order valence-electron chi connectivity index (χ1n) is 25.4. The Morgan fingerprint density at radius 1 is 0.588 bits per heavy atom. The summed E-state index contributed by atoms with van der Waals surface area (Å²) in [7, 11) is 43.0. The second-order valence-corrected chi connectivity index (χ2v) is 36.7. The van der Waals surface area contributed by atoms with E-state index in [1.807, 2.05) is 17.1 Å². The third-order valence-corrected chi connectivity index (χ3v) is 5.09. The number of para-hydroxylation sites is 2. The van der Waals surface area contributed by atoms with Gasteiger partial charge in [0.15, 0.2) is 39.6 Å². The molecule has 864 valence electrons. The second kappa shape index (κ2) is 321. The first-order valence-corrected chi connectivity index (χ1v) is 55.7. The van der Waals surface area contributed by atoms with Gasteiger partial charge in [-0.25, -0.2) is 47.7 Å². The van der Waals surface area contributed by atoms with Gasteiger partial charge in [-0.15, -0.1) is 69.3 Å². The van der Waals surface area contributed by atoms with Crippen LogP contribution in [0.3, 0.4) is 0 Å². The number of benzene rings is 1. The summed E-state index contributed by atoms with van der Waals surface area (Å²) in [5.41, 5.74) is 49.4. The number of hydrogen-bond donors (Lipinski definition) is 14. The van der Waals surface area contributed by atoms with Crippen LogP contribution in [0.2, 0.25) is 0 Å². The monoisotopic (exact) mass is 3890 g/mol. The molecule has 0 radical (unpaired) electrons. The number of fused-ring (bicyclic) bond motifs is 1. The Hall–Kier alpha value is -4.15. The minimum Gasteiger partial charge on any atom is -0.693 e. The zero-order valence-corrected chi connectivity index (χ0v) is 94.2. The quantitative estimate of drug-likeness (QED) is 0.0358. The number of aliphatic hydroxyl groups excluding tert-OH is 2. The SMILES string of the molecule is C.C.O.O.O.O=NO.O=NO.O=NO.O=N[O-].O=N[O-].O=N[O-].O=N[O-].O=N[O-].O=N[O-].O=N[O-].O=N[O-].O=N[O-].O=c1[n-]c(=O)c(F)c[nH]1.O=c1ncc(F)c(O)[nH]1.OB1Oc2ccccc2O1.OC1CC[N-]C(O)N1.[CH2-]CC[NH-].[CH2-]CC[NH-].[CH2-]CC[NH-].[CH2-]CC[NH-].[CH2-]CC[NH-].[CH2-]CC[NH-].[Cl][Pt+2][Cl].[Cl][Pt+2][Cl].[Cl][Pt].[Cl][Pt]([Cl])[Br].[Cl][Pt][Cl].[NH-]C(=O)NO.[NH-]C(=O)NO.[NH2-].[NH2-].[NH2-].[NH2-].[NH2-].[NH2-].[Pt+2].[Pt+4].[Pt].[Pt]. The van der Waals surface area contributed by atoms with E-state index in [1.165, 1.54) is 16.0 Å². The van der Waals surface area contributed by atoms with Gasteiger partial charge in [0.05, 0.1) is 6.20 Å². The minimum absolute atomic E-state index is 0. The number of rotatable bonds is 6. The molecule has 4 heterocycles. The van der Waals surface area contributed by atoms with Gasteiger partial charge in [-0.1, -0.05) is 27.0 Å². The van der Waals surface area contributed by atoms with Crippen LogP contribution < -0.4 is 47.5 Å². The Bertz CT molecular complexity index is 2420. The van der Waals surface area contributed by atoms with E-state index in [0.717, 1.165) is 97.5 Å². The zero-order valence-electron chi connectivity index (χ0n) is 65.3. The van der Waals surface area contributed by atoms with Gasteiger partial charge in [0.2, 0.25) is 17.3 Å². The molecular weight excluding hydrogens is 3800 g/mol. The fraction of sp³-hybridized carbons (Fsp3) is 0.450. The average molecular weight is 3900 g/mol. The molecule has 5 rings (SSSR count). The van der Waals surface area contributed by atoms with Crippen LogP contribution in [-0.4, -0.2) is 156 Å². The van der Waals surface area contributed by atoms with Gasteiger partial charge in [-0.05, 0) is 24.8 Å². The Labute approximate surface area is 914 Å². The van der Waals surface area contributed by atoms with Crippen LogP contribution in [0, 0.1) is 159 Å². The van der Waals surface area contributed by atoms with Crippen LogP contribution in [0.25, 0.3) is 88.1 Å². The number of amides is 4. The predicted molar refractivity (Wildman–Crippen MR) is 484 cm³/mol. The van der Waals surface area contributed by atoms with Crippen LogP contribution >= 0.6 is 98.1 Å². The molecule has 0 bridgehead atoms. The molecule has 74 nitrogen and oxygen atoms in total. The molecule has 96 heteroatoms. The number of aliphatic hydroxyl groups is 2. The number of aromatic nitrogens is 4. The van der Waals surface area contributed by atoms with E-state index in [1.54, 1.807) is 35.9 Å². The summed E-state index contributed by atoms with van der Waals surface area (Å²) in [6.45, 7) is 23.8. The molecule has 0 saturated carbocycles. The van der Waals surface area contributed by atoms with Crippen LogP contribution in [-0.2, 0) is 166 Å². The van der Waals surface area contributed by atoms with E-state index >= 15 is 0 Å². The normalized spacial score (nSPS) is 8.35. The number of carbonyl (C=O) groups is 2. The molecule has 2 unspecified atom stereocenters. The van der Waals surface area contributed by atoms with Crippen molar-refractivity contribution in [2.45, 2.75) is 72.4 Å². The molecule has 2 aromatic heterocycles. The fourth-order valence-electron chi connectivity index (χ4n) is 2.25. The largest absolute Gasteiger partial charge is 4.00 e. The summed E-state index contributed by atoms with van der Waals surface area (Å²) < 4.78 is 33.6. The van der Waals surface area contributed by atoms with Crippen LogP contribution in [0.4, 0.5) is 18.4 Å². The van der Waals surface area contributed by atoms with Crippen molar-refractivity contribution < 1.29 is 256 Å². The van der Waals surface area contributed by atoms with Crippen molar-refractivity contribution >= 4 is 117 Å². The van der Waals surface area contributed by atoms with Gasteiger partial charge < -0.3 is 314 Å². The maximum absolute atomic E-state index is 12.0. The van der Waals surface area contributed by atoms with Gasteiger partial charge in [-0.2, -0.15) is 48.6 Å². The standard InChI is InChI=1S/C6H5BO3.2C4H3FN2O2.C4H9N2O2.6C3H7N.2CH4N2O2.2CH4.BrH.9ClH.12HNO2.6H2N.3H2O.9Pt/c8-7-9-5-3-1-2-4-6(5)10-7;2*5-2-1-6-4(9)7-3(2)8;7-3-1-2-5-4(8)6-3;6*1-2-3-4;2*2-1(4)3-5;;;;;;;;;;;;;12*2-1-3;;;;;;;;;;;;;;;;;;/h1-4,8H;2*1H,(H2,6,7,8,9);3-4,6-8H,1-2H2;6*4H,1-3H2;2*(H4,2,3,4,5);2*1H4;10*1H;12*(H,2,3);9*1H2;;;;;;;;;/q;;;-1;6*-2;;;;;;;;;;;;;;;;;;;;;;;;;;;6*-1;;;;;;+1;2*+2;+3;3*+4/p-22. The topological polar surface area (TPSA) is 1440 Å². The maximum atomic E-state index is 12.0. The van der Waals surface area contributed by atoms with E-state index in [0.29, 0.717) is 76.1 Å². The van der Waals surface area contributed by atoms with Gasteiger partial charge in [-0.3, -0.25) is 29.5 Å². The number of carbonyl (C=O) groups excluding carboxylic acids is 2. The van der Waals surface area contributed by atoms with Crippen molar-refractivity contribution in [1.29, 1.82) is 0 Å². The molecular formula is C40H96BBrCl9F2N34O40Pt9-21. The first kappa shape index (κ1) is 262. The van der Waals surface area contributed by atoms with E-state index < -0.39 is 129 Å². The molecule has 3 aromatic rings. The summed E-state index contributed by atoms with van der Waals surface area (Å²) in [4.78, 5) is 154. The number of hydrogen-bond acceptors (Lipinski definition) is 48. The first-order chi connectivity index (χ1) is 57.0. The number of nitrogens with two attached hydrogens (primary N) is 6. The molecule has 136 heavy (non-hydrogen) atoms. The number of nitrogens with one attached hydrogen (secondary N) is 13. The molecule has 2 aliphatic rings. The summed E-state index contributed by atoms with van der Waals surface area (Å²) in [5, 5.41) is 160. The number of H-pyrrole nitrogens is 2. The van der Waals surface area contributed by atoms with Crippen molar-refractivity contribution in [2.75, 3.05) is 45.8 Å². The summed E-state index contributed by atoms with van der Waals surface area (Å²) in [6.07, 6.45) is 4.89. The molecule has 1 saturated heterocycles. The Balaban J connectivity index is -0.0000000195. The van der Waals surface area contributed by atoms with E-state index in [2.05, 4.69) is 84.9 Å². The number of urea groups is 2. The van der Waals surface area contributed by atoms with Crippen molar-refractivity contribution in [3.63, 3.8) is 0 Å². The third-order valence-electron chi connectivity index (χ3n) is 5.09. The summed E-state index contributed by atoms with van der Waals surface area (Å²) >= 11 is 1.64. The number of halogens is 12. The van der Waals surface area contributed by atoms with Gasteiger partial charge >= 0.3 is 235 Å². The van der Waals surface area contributed by atoms with E-state index in [-0.39, 0.29) is 152 Å². The summed E-state index contributed by atoms with van der Waals surface area (Å²) in [5.74, 6) is -1.58. The number of aromatic amines is 2. The smallest absolute Gasteiger partial charge is 0.693 e.